The number of hydrogen-bond acceptors (Lipinski definition) is 3. The second-order valence-electron chi connectivity index (χ2n) is 9.06. The minimum atomic E-state index is -0.654. The standard InChI is InChI=1S/C25H32N4O3/c1-3-4-6-18-9-11-21(12-10-18)27-24(31)17(2)26-25(32)28-14-19-13-20(16-28)22-7-5-8-23(30)29(22)15-19/h5,7-12,17,19-20H,3-4,6,13-16H2,1-2H3,(H,26,32)(H,27,31)/t17-,19-,20-/m0/s1. The molecule has 3 amide bonds. The molecule has 7 heteroatoms. The van der Waals surface area contributed by atoms with Crippen LogP contribution in [0.15, 0.2) is 47.3 Å². The highest BCUT2D eigenvalue weighted by Crippen LogP contribution is 2.34. The molecule has 0 saturated carbocycles. The van der Waals surface area contributed by atoms with Gasteiger partial charge in [0.15, 0.2) is 0 Å². The van der Waals surface area contributed by atoms with E-state index in [4.69, 9.17) is 0 Å². The highest BCUT2D eigenvalue weighted by molar-refractivity contribution is 5.96. The predicted octanol–water partition coefficient (Wildman–Crippen LogP) is 3.35. The van der Waals surface area contributed by atoms with Crippen LogP contribution in [0.25, 0.3) is 0 Å². The summed E-state index contributed by atoms with van der Waals surface area (Å²) in [4.78, 5) is 39.4. The number of carbonyl (C=O) groups excluding carboxylic acids is 2. The Bertz CT molecular complexity index is 1030. The number of likely N-dealkylation sites (tertiary alicyclic amines) is 1. The lowest BCUT2D eigenvalue weighted by molar-refractivity contribution is -0.117. The Morgan fingerprint density at radius 2 is 1.88 bits per heavy atom. The van der Waals surface area contributed by atoms with Gasteiger partial charge in [-0.05, 0) is 55.9 Å². The number of hydrogen-bond donors (Lipinski definition) is 2. The molecule has 3 heterocycles. The number of pyridine rings is 1. The lowest BCUT2D eigenvalue weighted by Gasteiger charge is -2.42. The molecule has 1 aromatic carbocycles. The van der Waals surface area contributed by atoms with E-state index in [0.717, 1.165) is 37.1 Å². The Morgan fingerprint density at radius 1 is 1.09 bits per heavy atom. The number of benzene rings is 1. The molecule has 3 atom stereocenters. The minimum Gasteiger partial charge on any atom is -0.326 e. The summed E-state index contributed by atoms with van der Waals surface area (Å²) < 4.78 is 1.84. The van der Waals surface area contributed by atoms with Crippen LogP contribution in [0.1, 0.15) is 50.3 Å². The number of anilines is 1. The van der Waals surface area contributed by atoms with Gasteiger partial charge in [-0.2, -0.15) is 0 Å². The number of carbonyl (C=O) groups is 2. The van der Waals surface area contributed by atoms with Gasteiger partial charge in [0.2, 0.25) is 5.91 Å². The van der Waals surface area contributed by atoms with E-state index in [-0.39, 0.29) is 29.3 Å². The maximum Gasteiger partial charge on any atom is 0.318 e. The predicted molar refractivity (Wildman–Crippen MR) is 125 cm³/mol. The van der Waals surface area contributed by atoms with Crippen molar-refractivity contribution in [1.82, 2.24) is 14.8 Å². The Balaban J connectivity index is 1.33. The second-order valence-corrected chi connectivity index (χ2v) is 9.06. The molecule has 1 fully saturated rings. The van der Waals surface area contributed by atoms with Crippen LogP contribution >= 0.6 is 0 Å². The van der Waals surface area contributed by atoms with Crippen molar-refractivity contribution >= 4 is 17.6 Å². The smallest absolute Gasteiger partial charge is 0.318 e. The highest BCUT2D eigenvalue weighted by Gasteiger charge is 2.36. The van der Waals surface area contributed by atoms with Crippen LogP contribution in [0, 0.1) is 5.92 Å². The molecule has 1 saturated heterocycles. The van der Waals surface area contributed by atoms with Crippen LogP contribution in [0.2, 0.25) is 0 Å². The molecular formula is C25H32N4O3. The molecule has 2 aliphatic rings. The first-order chi connectivity index (χ1) is 15.4. The van der Waals surface area contributed by atoms with Crippen molar-refractivity contribution < 1.29 is 9.59 Å². The van der Waals surface area contributed by atoms with Crippen molar-refractivity contribution in [2.75, 3.05) is 18.4 Å². The van der Waals surface area contributed by atoms with Gasteiger partial charge in [-0.3, -0.25) is 9.59 Å². The van der Waals surface area contributed by atoms with Gasteiger partial charge in [-0.1, -0.05) is 31.5 Å². The summed E-state index contributed by atoms with van der Waals surface area (Å²) in [5, 5.41) is 5.72. The third kappa shape index (κ3) is 4.87. The van der Waals surface area contributed by atoms with Gasteiger partial charge < -0.3 is 20.1 Å². The number of unbranched alkanes of at least 4 members (excludes halogenated alkanes) is 1. The fraction of sp³-hybridized carbons (Fsp3) is 0.480. The van der Waals surface area contributed by atoms with E-state index in [1.165, 1.54) is 5.56 Å². The maximum atomic E-state index is 12.9. The van der Waals surface area contributed by atoms with Crippen molar-refractivity contribution in [3.8, 4) is 0 Å². The maximum absolute atomic E-state index is 12.9. The van der Waals surface area contributed by atoms with E-state index in [1.54, 1.807) is 24.0 Å². The lowest BCUT2D eigenvalue weighted by Crippen LogP contribution is -2.54. The van der Waals surface area contributed by atoms with E-state index >= 15 is 0 Å². The summed E-state index contributed by atoms with van der Waals surface area (Å²) in [7, 11) is 0. The molecule has 2 aliphatic heterocycles. The van der Waals surface area contributed by atoms with Gasteiger partial charge in [0.1, 0.15) is 6.04 Å². The van der Waals surface area contributed by atoms with Gasteiger partial charge in [0.05, 0.1) is 0 Å². The van der Waals surface area contributed by atoms with Crippen LogP contribution in [0.5, 0.6) is 0 Å². The molecule has 32 heavy (non-hydrogen) atoms. The van der Waals surface area contributed by atoms with Gasteiger partial charge in [-0.15, -0.1) is 0 Å². The van der Waals surface area contributed by atoms with Crippen LogP contribution in [-0.4, -0.2) is 40.5 Å². The van der Waals surface area contributed by atoms with Crippen LogP contribution in [0.3, 0.4) is 0 Å². The zero-order chi connectivity index (χ0) is 22.7. The normalized spacial score (nSPS) is 20.2. The van der Waals surface area contributed by atoms with Gasteiger partial charge in [-0.25, -0.2) is 4.79 Å². The van der Waals surface area contributed by atoms with Crippen LogP contribution < -0.4 is 16.2 Å². The summed E-state index contributed by atoms with van der Waals surface area (Å²) in [6.45, 7) is 5.65. The quantitative estimate of drug-likeness (QED) is 0.729. The van der Waals surface area contributed by atoms with E-state index in [0.29, 0.717) is 19.6 Å². The number of aromatic nitrogens is 1. The molecule has 7 nitrogen and oxygen atoms in total. The monoisotopic (exact) mass is 436 g/mol. The molecule has 0 radical (unpaired) electrons. The molecule has 2 aromatic rings. The summed E-state index contributed by atoms with van der Waals surface area (Å²) in [6, 6.07) is 12.3. The topological polar surface area (TPSA) is 83.4 Å². The summed E-state index contributed by atoms with van der Waals surface area (Å²) >= 11 is 0. The molecule has 170 valence electrons. The number of urea groups is 1. The Hall–Kier alpha value is -3.09. The third-order valence-electron chi connectivity index (χ3n) is 6.54. The number of piperidine rings is 1. The van der Waals surface area contributed by atoms with Crippen molar-refractivity contribution in [1.29, 1.82) is 0 Å². The molecule has 0 aliphatic carbocycles. The first-order valence-electron chi connectivity index (χ1n) is 11.6. The fourth-order valence-electron chi connectivity index (χ4n) is 4.79. The second kappa shape index (κ2) is 9.59. The van der Waals surface area contributed by atoms with Gasteiger partial charge in [0.25, 0.3) is 5.56 Å². The average molecular weight is 437 g/mol. The molecule has 0 spiro atoms. The number of nitrogens with one attached hydrogen (secondary N) is 2. The largest absolute Gasteiger partial charge is 0.326 e. The first kappa shape index (κ1) is 22.1. The molecule has 1 aromatic heterocycles. The SMILES string of the molecule is CCCCc1ccc(NC(=O)[C@H](C)NC(=O)N2C[C@@H]3C[C@@H](C2)c2cccc(=O)n2C3)cc1. The van der Waals surface area contributed by atoms with Crippen LogP contribution in [-0.2, 0) is 17.8 Å². The number of amides is 3. The van der Waals surface area contributed by atoms with Crippen molar-refractivity contribution in [2.45, 2.75) is 58.0 Å². The highest BCUT2D eigenvalue weighted by atomic mass is 16.2. The van der Waals surface area contributed by atoms with Crippen molar-refractivity contribution in [3.63, 3.8) is 0 Å². The number of fused-ring (bicyclic) bond motifs is 4. The zero-order valence-corrected chi connectivity index (χ0v) is 18.8. The lowest BCUT2D eigenvalue weighted by atomic mass is 9.83. The molecular weight excluding hydrogens is 404 g/mol. The van der Waals surface area contributed by atoms with Crippen molar-refractivity contribution in [2.24, 2.45) is 5.92 Å². The number of nitrogens with zero attached hydrogens (tertiary/aromatic N) is 2. The average Bonchev–Trinajstić information content (AvgIpc) is 2.79. The molecule has 2 N–H and O–H groups in total. The number of rotatable bonds is 6. The summed E-state index contributed by atoms with van der Waals surface area (Å²) in [5.41, 5.74) is 3.01. The molecule has 4 rings (SSSR count). The van der Waals surface area contributed by atoms with Crippen molar-refractivity contribution in [3.05, 3.63) is 64.1 Å². The zero-order valence-electron chi connectivity index (χ0n) is 18.8. The fourth-order valence-corrected chi connectivity index (χ4v) is 4.79. The van der Waals surface area contributed by atoms with E-state index < -0.39 is 6.04 Å². The number of aryl methyl sites for hydroxylation is 1. The summed E-state index contributed by atoms with van der Waals surface area (Å²) in [5.74, 6) is 0.161. The summed E-state index contributed by atoms with van der Waals surface area (Å²) in [6.07, 6.45) is 4.32. The van der Waals surface area contributed by atoms with Gasteiger partial charge in [0, 0.05) is 43.0 Å². The molecule has 0 unspecified atom stereocenters. The van der Waals surface area contributed by atoms with E-state index in [9.17, 15) is 14.4 Å². The van der Waals surface area contributed by atoms with E-state index in [1.807, 2.05) is 34.9 Å². The minimum absolute atomic E-state index is 0.0267. The third-order valence-corrected chi connectivity index (χ3v) is 6.54. The Kier molecular flexibility index (Phi) is 6.63. The van der Waals surface area contributed by atoms with E-state index in [2.05, 4.69) is 17.6 Å². The molecule has 2 bridgehead atoms. The van der Waals surface area contributed by atoms with Crippen LogP contribution in [0.4, 0.5) is 10.5 Å². The van der Waals surface area contributed by atoms with Gasteiger partial charge >= 0.3 is 6.03 Å². The Labute approximate surface area is 188 Å². The first-order valence-corrected chi connectivity index (χ1v) is 11.6. The Morgan fingerprint density at radius 3 is 2.62 bits per heavy atom.